The molecular formula is C25H17NS. The van der Waals surface area contributed by atoms with Gasteiger partial charge < -0.3 is 4.57 Å². The number of thiophene rings is 1. The summed E-state index contributed by atoms with van der Waals surface area (Å²) in [6, 6.07) is 31.0. The molecule has 6 rings (SSSR count). The van der Waals surface area contributed by atoms with Crippen LogP contribution in [0.25, 0.3) is 47.7 Å². The zero-order valence-electron chi connectivity index (χ0n) is 14.9. The SMILES string of the molecule is Cc1ccc2sc3ccc(-n4c5ccccc5c5ccccc54)cc3c2c1. The van der Waals surface area contributed by atoms with Crippen molar-refractivity contribution in [3.63, 3.8) is 0 Å². The summed E-state index contributed by atoms with van der Waals surface area (Å²) in [6.45, 7) is 2.17. The monoisotopic (exact) mass is 363 g/mol. The van der Waals surface area contributed by atoms with E-state index in [-0.39, 0.29) is 0 Å². The van der Waals surface area contributed by atoms with E-state index in [1.807, 2.05) is 11.3 Å². The summed E-state index contributed by atoms with van der Waals surface area (Å²) < 4.78 is 5.10. The van der Waals surface area contributed by atoms with Crippen LogP contribution >= 0.6 is 11.3 Å². The minimum Gasteiger partial charge on any atom is -0.309 e. The smallest absolute Gasteiger partial charge is 0.0541 e. The number of hydrogen-bond acceptors (Lipinski definition) is 1. The van der Waals surface area contributed by atoms with Gasteiger partial charge in [0.15, 0.2) is 0 Å². The van der Waals surface area contributed by atoms with E-state index in [4.69, 9.17) is 0 Å². The third-order valence-corrected chi connectivity index (χ3v) is 6.60. The van der Waals surface area contributed by atoms with Crippen LogP contribution in [0.15, 0.2) is 84.9 Å². The summed E-state index contributed by atoms with van der Waals surface area (Å²) >= 11 is 1.87. The average molecular weight is 363 g/mol. The van der Waals surface area contributed by atoms with Crippen LogP contribution in [0.5, 0.6) is 0 Å². The number of para-hydroxylation sites is 2. The Labute approximate surface area is 161 Å². The Morgan fingerprint density at radius 2 is 1.19 bits per heavy atom. The molecule has 0 spiro atoms. The summed E-state index contributed by atoms with van der Waals surface area (Å²) in [5, 5.41) is 5.31. The second-order valence-corrected chi connectivity index (χ2v) is 8.24. The van der Waals surface area contributed by atoms with E-state index in [1.54, 1.807) is 0 Å². The molecule has 0 bridgehead atoms. The Kier molecular flexibility index (Phi) is 3.03. The molecule has 0 aliphatic heterocycles. The fraction of sp³-hybridized carbons (Fsp3) is 0.0400. The van der Waals surface area contributed by atoms with Gasteiger partial charge in [-0.15, -0.1) is 11.3 Å². The van der Waals surface area contributed by atoms with Gasteiger partial charge in [-0.3, -0.25) is 0 Å². The average Bonchev–Trinajstić information content (AvgIpc) is 3.23. The molecule has 0 amide bonds. The van der Waals surface area contributed by atoms with Crippen LogP contribution in [0.3, 0.4) is 0 Å². The highest BCUT2D eigenvalue weighted by molar-refractivity contribution is 7.25. The fourth-order valence-electron chi connectivity index (χ4n) is 4.22. The number of nitrogens with zero attached hydrogens (tertiary/aromatic N) is 1. The summed E-state index contributed by atoms with van der Waals surface area (Å²) in [5.41, 5.74) is 5.05. The van der Waals surface area contributed by atoms with Crippen LogP contribution in [-0.4, -0.2) is 4.57 Å². The molecule has 2 aromatic heterocycles. The molecule has 0 saturated carbocycles. The molecule has 4 aromatic carbocycles. The van der Waals surface area contributed by atoms with Gasteiger partial charge in [-0.1, -0.05) is 48.0 Å². The van der Waals surface area contributed by atoms with Crippen molar-refractivity contribution in [2.75, 3.05) is 0 Å². The number of fused-ring (bicyclic) bond motifs is 6. The lowest BCUT2D eigenvalue weighted by Gasteiger charge is -2.08. The summed E-state index contributed by atoms with van der Waals surface area (Å²) in [5.74, 6) is 0. The van der Waals surface area contributed by atoms with Gasteiger partial charge >= 0.3 is 0 Å². The molecular weight excluding hydrogens is 346 g/mol. The van der Waals surface area contributed by atoms with Crippen LogP contribution in [0, 0.1) is 6.92 Å². The first kappa shape index (κ1) is 15.0. The molecule has 0 N–H and O–H groups in total. The number of hydrogen-bond donors (Lipinski definition) is 0. The van der Waals surface area contributed by atoms with E-state index in [0.29, 0.717) is 0 Å². The Balaban J connectivity index is 1.74. The number of rotatable bonds is 1. The molecule has 2 heterocycles. The van der Waals surface area contributed by atoms with Crippen molar-refractivity contribution in [3.05, 3.63) is 90.5 Å². The van der Waals surface area contributed by atoms with Gasteiger partial charge in [0.25, 0.3) is 0 Å². The second kappa shape index (κ2) is 5.45. The van der Waals surface area contributed by atoms with Gasteiger partial charge in [0.2, 0.25) is 0 Å². The lowest BCUT2D eigenvalue weighted by molar-refractivity contribution is 1.19. The fourth-order valence-corrected chi connectivity index (χ4v) is 5.29. The molecule has 0 aliphatic rings. The zero-order chi connectivity index (χ0) is 18.0. The standard InChI is InChI=1S/C25H17NS/c1-16-10-12-24-20(14-16)21-15-17(11-13-25(21)27-24)26-22-8-4-2-6-18(22)19-7-3-5-9-23(19)26/h2-15H,1H3. The van der Waals surface area contributed by atoms with Gasteiger partial charge in [0, 0.05) is 36.6 Å². The van der Waals surface area contributed by atoms with E-state index < -0.39 is 0 Å². The predicted molar refractivity (Wildman–Crippen MR) is 118 cm³/mol. The van der Waals surface area contributed by atoms with Gasteiger partial charge in [0.05, 0.1) is 11.0 Å². The van der Waals surface area contributed by atoms with E-state index in [1.165, 1.54) is 53.2 Å². The molecule has 27 heavy (non-hydrogen) atoms. The van der Waals surface area contributed by atoms with Crippen LogP contribution in [0.2, 0.25) is 0 Å². The zero-order valence-corrected chi connectivity index (χ0v) is 15.8. The minimum absolute atomic E-state index is 1.22. The molecule has 1 nitrogen and oxygen atoms in total. The highest BCUT2D eigenvalue weighted by atomic mass is 32.1. The van der Waals surface area contributed by atoms with Crippen molar-refractivity contribution in [2.45, 2.75) is 6.92 Å². The first-order valence-electron chi connectivity index (χ1n) is 9.21. The van der Waals surface area contributed by atoms with Crippen molar-refractivity contribution >= 4 is 53.3 Å². The van der Waals surface area contributed by atoms with Crippen molar-refractivity contribution in [2.24, 2.45) is 0 Å². The molecule has 0 unspecified atom stereocenters. The van der Waals surface area contributed by atoms with E-state index in [9.17, 15) is 0 Å². The molecule has 6 aromatic rings. The van der Waals surface area contributed by atoms with Crippen molar-refractivity contribution in [1.29, 1.82) is 0 Å². The maximum Gasteiger partial charge on any atom is 0.0541 e. The first-order chi connectivity index (χ1) is 13.3. The van der Waals surface area contributed by atoms with Gasteiger partial charge in [0.1, 0.15) is 0 Å². The topological polar surface area (TPSA) is 4.93 Å². The van der Waals surface area contributed by atoms with Crippen molar-refractivity contribution in [3.8, 4) is 5.69 Å². The molecule has 0 fully saturated rings. The lowest BCUT2D eigenvalue weighted by atomic mass is 10.1. The van der Waals surface area contributed by atoms with Gasteiger partial charge in [-0.05, 0) is 49.4 Å². The minimum atomic E-state index is 1.22. The van der Waals surface area contributed by atoms with Crippen molar-refractivity contribution in [1.82, 2.24) is 4.57 Å². The third-order valence-electron chi connectivity index (χ3n) is 5.45. The lowest BCUT2D eigenvalue weighted by Crippen LogP contribution is -1.93. The van der Waals surface area contributed by atoms with Gasteiger partial charge in [-0.2, -0.15) is 0 Å². The van der Waals surface area contributed by atoms with Crippen LogP contribution in [-0.2, 0) is 0 Å². The Morgan fingerprint density at radius 1 is 0.593 bits per heavy atom. The van der Waals surface area contributed by atoms with Crippen LogP contribution in [0.1, 0.15) is 5.56 Å². The Morgan fingerprint density at radius 3 is 1.89 bits per heavy atom. The maximum absolute atomic E-state index is 2.39. The predicted octanol–water partition coefficient (Wildman–Crippen LogP) is 7.46. The Bertz CT molecular complexity index is 1430. The molecule has 2 heteroatoms. The number of benzene rings is 4. The molecule has 128 valence electrons. The van der Waals surface area contributed by atoms with Crippen molar-refractivity contribution < 1.29 is 0 Å². The van der Waals surface area contributed by atoms with E-state index >= 15 is 0 Å². The maximum atomic E-state index is 2.39. The summed E-state index contributed by atoms with van der Waals surface area (Å²) in [4.78, 5) is 0. The number of aromatic nitrogens is 1. The normalized spacial score (nSPS) is 11.9. The van der Waals surface area contributed by atoms with E-state index in [2.05, 4.69) is 96.4 Å². The molecule has 0 aliphatic carbocycles. The van der Waals surface area contributed by atoms with Gasteiger partial charge in [-0.25, -0.2) is 0 Å². The molecule has 0 atom stereocenters. The largest absolute Gasteiger partial charge is 0.309 e. The molecule has 0 saturated heterocycles. The Hall–Kier alpha value is -3.10. The quantitative estimate of drug-likeness (QED) is 0.286. The molecule has 0 radical (unpaired) electrons. The van der Waals surface area contributed by atoms with Crippen LogP contribution < -0.4 is 0 Å². The highest BCUT2D eigenvalue weighted by Gasteiger charge is 2.13. The van der Waals surface area contributed by atoms with Crippen LogP contribution in [0.4, 0.5) is 0 Å². The summed E-state index contributed by atoms with van der Waals surface area (Å²) in [7, 11) is 0. The van der Waals surface area contributed by atoms with E-state index in [0.717, 1.165) is 0 Å². The third kappa shape index (κ3) is 2.11. The second-order valence-electron chi connectivity index (χ2n) is 7.15. The highest BCUT2D eigenvalue weighted by Crippen LogP contribution is 2.37. The summed E-state index contributed by atoms with van der Waals surface area (Å²) in [6.07, 6.45) is 0. The number of aryl methyl sites for hydroxylation is 1. The first-order valence-corrected chi connectivity index (χ1v) is 10.0.